The summed E-state index contributed by atoms with van der Waals surface area (Å²) < 4.78 is 10.8. The van der Waals surface area contributed by atoms with Crippen molar-refractivity contribution >= 4 is 23.4 Å². The van der Waals surface area contributed by atoms with Gasteiger partial charge in [0.1, 0.15) is 11.8 Å². The third kappa shape index (κ3) is 8.74. The Morgan fingerprint density at radius 2 is 1.57 bits per heavy atom. The van der Waals surface area contributed by atoms with Crippen LogP contribution < -0.4 is 10.1 Å². The van der Waals surface area contributed by atoms with Gasteiger partial charge in [0, 0.05) is 38.2 Å². The van der Waals surface area contributed by atoms with Gasteiger partial charge < -0.3 is 19.7 Å². The number of ether oxygens (including phenoxy) is 2. The number of rotatable bonds is 13. The molecule has 0 aliphatic heterocycles. The van der Waals surface area contributed by atoms with Crippen LogP contribution in [0.2, 0.25) is 5.02 Å². The third-order valence-electron chi connectivity index (χ3n) is 5.47. The zero-order valence-electron chi connectivity index (χ0n) is 19.9. The number of amides is 2. The van der Waals surface area contributed by atoms with E-state index in [1.165, 1.54) is 0 Å². The fourth-order valence-corrected chi connectivity index (χ4v) is 3.76. The van der Waals surface area contributed by atoms with Crippen molar-refractivity contribution in [1.29, 1.82) is 0 Å². The van der Waals surface area contributed by atoms with Crippen LogP contribution in [0.4, 0.5) is 0 Å². The Labute approximate surface area is 211 Å². The first-order valence-electron chi connectivity index (χ1n) is 11.6. The monoisotopic (exact) mass is 494 g/mol. The highest BCUT2D eigenvalue weighted by molar-refractivity contribution is 6.30. The van der Waals surface area contributed by atoms with Crippen molar-refractivity contribution in [3.05, 3.63) is 101 Å². The maximum Gasteiger partial charge on any atom is 0.261 e. The van der Waals surface area contributed by atoms with Crippen molar-refractivity contribution in [2.45, 2.75) is 25.4 Å². The van der Waals surface area contributed by atoms with Gasteiger partial charge in [-0.15, -0.1) is 0 Å². The SMILES string of the molecule is COCCCNC(=O)[C@H](Cc1ccccc1)N(Cc1ccc(Cl)cc1)C(=O)COc1ccccc1. The largest absolute Gasteiger partial charge is 0.484 e. The van der Waals surface area contributed by atoms with Crippen LogP contribution in [0.15, 0.2) is 84.9 Å². The van der Waals surface area contributed by atoms with Gasteiger partial charge in [-0.1, -0.05) is 72.3 Å². The number of hydrogen-bond acceptors (Lipinski definition) is 4. The molecule has 184 valence electrons. The molecule has 7 heteroatoms. The highest BCUT2D eigenvalue weighted by Gasteiger charge is 2.30. The quantitative estimate of drug-likeness (QED) is 0.355. The second-order valence-electron chi connectivity index (χ2n) is 8.09. The molecule has 0 aromatic heterocycles. The molecule has 3 aromatic rings. The van der Waals surface area contributed by atoms with Crippen LogP contribution in [-0.4, -0.2) is 49.6 Å². The minimum Gasteiger partial charge on any atom is -0.484 e. The lowest BCUT2D eigenvalue weighted by atomic mass is 10.0. The number of para-hydroxylation sites is 1. The van der Waals surface area contributed by atoms with Crippen molar-refractivity contribution in [2.75, 3.05) is 26.9 Å². The molecule has 1 N–H and O–H groups in total. The average Bonchev–Trinajstić information content (AvgIpc) is 2.89. The predicted molar refractivity (Wildman–Crippen MR) is 137 cm³/mol. The lowest BCUT2D eigenvalue weighted by Gasteiger charge is -2.31. The van der Waals surface area contributed by atoms with Crippen molar-refractivity contribution < 1.29 is 19.1 Å². The molecule has 0 radical (unpaired) electrons. The minimum absolute atomic E-state index is 0.181. The first kappa shape index (κ1) is 26.3. The van der Waals surface area contributed by atoms with Crippen molar-refractivity contribution in [3.63, 3.8) is 0 Å². The summed E-state index contributed by atoms with van der Waals surface area (Å²) in [6.45, 7) is 1.07. The van der Waals surface area contributed by atoms with Crippen LogP contribution in [0.3, 0.4) is 0 Å². The molecule has 0 heterocycles. The molecular weight excluding hydrogens is 464 g/mol. The number of halogens is 1. The molecule has 0 aliphatic rings. The zero-order chi connectivity index (χ0) is 24.9. The third-order valence-corrected chi connectivity index (χ3v) is 5.72. The molecule has 35 heavy (non-hydrogen) atoms. The molecule has 0 fully saturated rings. The minimum atomic E-state index is -0.720. The lowest BCUT2D eigenvalue weighted by molar-refractivity contribution is -0.142. The van der Waals surface area contributed by atoms with E-state index >= 15 is 0 Å². The van der Waals surface area contributed by atoms with E-state index in [2.05, 4.69) is 5.32 Å². The van der Waals surface area contributed by atoms with Gasteiger partial charge in [0.25, 0.3) is 5.91 Å². The smallest absolute Gasteiger partial charge is 0.261 e. The summed E-state index contributed by atoms with van der Waals surface area (Å²) in [6.07, 6.45) is 1.06. The van der Waals surface area contributed by atoms with E-state index in [9.17, 15) is 9.59 Å². The molecule has 0 aliphatic carbocycles. The van der Waals surface area contributed by atoms with Crippen LogP contribution in [0.5, 0.6) is 5.75 Å². The molecule has 1 atom stereocenters. The molecule has 0 bridgehead atoms. The van der Waals surface area contributed by atoms with Gasteiger partial charge in [-0.3, -0.25) is 9.59 Å². The van der Waals surface area contributed by atoms with Crippen LogP contribution in [0.1, 0.15) is 17.5 Å². The number of methoxy groups -OCH3 is 1. The Morgan fingerprint density at radius 3 is 2.23 bits per heavy atom. The Morgan fingerprint density at radius 1 is 0.914 bits per heavy atom. The Kier molecular flexibility index (Phi) is 10.6. The molecule has 3 rings (SSSR count). The van der Waals surface area contributed by atoms with Crippen molar-refractivity contribution in [2.24, 2.45) is 0 Å². The first-order chi connectivity index (χ1) is 17.1. The number of hydrogen-bond donors (Lipinski definition) is 1. The van der Waals surface area contributed by atoms with E-state index in [0.29, 0.717) is 36.8 Å². The molecule has 0 saturated carbocycles. The number of nitrogens with zero attached hydrogens (tertiary/aromatic N) is 1. The predicted octanol–water partition coefficient (Wildman–Crippen LogP) is 4.51. The van der Waals surface area contributed by atoms with E-state index in [0.717, 1.165) is 11.1 Å². The number of nitrogens with one attached hydrogen (secondary N) is 1. The van der Waals surface area contributed by atoms with E-state index < -0.39 is 6.04 Å². The second kappa shape index (κ2) is 14.1. The summed E-state index contributed by atoms with van der Waals surface area (Å²) in [5.74, 6) is 0.0969. The molecule has 0 saturated heterocycles. The van der Waals surface area contributed by atoms with Crippen LogP contribution in [0.25, 0.3) is 0 Å². The molecule has 6 nitrogen and oxygen atoms in total. The topological polar surface area (TPSA) is 67.9 Å². The summed E-state index contributed by atoms with van der Waals surface area (Å²) in [7, 11) is 1.62. The van der Waals surface area contributed by atoms with Crippen molar-refractivity contribution in [3.8, 4) is 5.75 Å². The van der Waals surface area contributed by atoms with Crippen molar-refractivity contribution in [1.82, 2.24) is 10.2 Å². The first-order valence-corrected chi connectivity index (χ1v) is 12.0. The normalized spacial score (nSPS) is 11.5. The molecular formula is C28H31ClN2O4. The standard InChI is InChI=1S/C28H31ClN2O4/c1-34-18-8-17-30-28(33)26(19-22-9-4-2-5-10-22)31(20-23-13-15-24(29)16-14-23)27(32)21-35-25-11-6-3-7-12-25/h2-7,9-16,26H,8,17-21H2,1H3,(H,30,33)/t26-/m0/s1. The van der Waals surface area contributed by atoms with Gasteiger partial charge in [-0.25, -0.2) is 0 Å². The van der Waals surface area contributed by atoms with Crippen LogP contribution >= 0.6 is 11.6 Å². The van der Waals surface area contributed by atoms with Crippen LogP contribution in [0, 0.1) is 0 Å². The maximum absolute atomic E-state index is 13.5. The number of carbonyl (C=O) groups is 2. The fourth-order valence-electron chi connectivity index (χ4n) is 3.63. The number of benzene rings is 3. The summed E-state index contributed by atoms with van der Waals surface area (Å²) in [4.78, 5) is 28.4. The fraction of sp³-hybridized carbons (Fsp3) is 0.286. The van der Waals surface area contributed by atoms with E-state index in [1.54, 1.807) is 36.3 Å². The summed E-state index contributed by atoms with van der Waals surface area (Å²) in [5, 5.41) is 3.57. The summed E-state index contributed by atoms with van der Waals surface area (Å²) >= 11 is 6.06. The average molecular weight is 495 g/mol. The Balaban J connectivity index is 1.85. The zero-order valence-corrected chi connectivity index (χ0v) is 20.6. The summed E-state index contributed by atoms with van der Waals surface area (Å²) in [5.41, 5.74) is 1.83. The van der Waals surface area contributed by atoms with E-state index in [1.807, 2.05) is 60.7 Å². The maximum atomic E-state index is 13.5. The van der Waals surface area contributed by atoms with Gasteiger partial charge in [-0.2, -0.15) is 0 Å². The summed E-state index contributed by atoms with van der Waals surface area (Å²) in [6, 6.07) is 25.4. The Hall–Kier alpha value is -3.35. The molecule has 3 aromatic carbocycles. The van der Waals surface area contributed by atoms with E-state index in [-0.39, 0.29) is 25.0 Å². The highest BCUT2D eigenvalue weighted by atomic mass is 35.5. The van der Waals surface area contributed by atoms with Gasteiger partial charge in [0.05, 0.1) is 0 Å². The second-order valence-corrected chi connectivity index (χ2v) is 8.53. The van der Waals surface area contributed by atoms with E-state index in [4.69, 9.17) is 21.1 Å². The van der Waals surface area contributed by atoms with Gasteiger partial charge in [0.2, 0.25) is 5.91 Å². The number of carbonyl (C=O) groups excluding carboxylic acids is 2. The highest BCUT2D eigenvalue weighted by Crippen LogP contribution is 2.17. The van der Waals surface area contributed by atoms with Gasteiger partial charge >= 0.3 is 0 Å². The lowest BCUT2D eigenvalue weighted by Crippen LogP contribution is -2.51. The van der Waals surface area contributed by atoms with Crippen LogP contribution in [-0.2, 0) is 27.3 Å². The molecule has 0 spiro atoms. The Bertz CT molecular complexity index is 1050. The molecule has 0 unspecified atom stereocenters. The van der Waals surface area contributed by atoms with Gasteiger partial charge in [-0.05, 0) is 41.8 Å². The van der Waals surface area contributed by atoms with Gasteiger partial charge in [0.15, 0.2) is 6.61 Å². The molecule has 2 amide bonds.